The molecule has 3 aliphatic carbocycles. The molecule has 334 valence electrons. The summed E-state index contributed by atoms with van der Waals surface area (Å²) in [7, 11) is 0. The molecule has 0 aliphatic heterocycles. The predicted octanol–water partition coefficient (Wildman–Crippen LogP) is 12.5. The molecule has 4 aromatic rings. The van der Waals surface area contributed by atoms with Gasteiger partial charge in [-0.1, -0.05) is 152 Å². The summed E-state index contributed by atoms with van der Waals surface area (Å²) >= 11 is 0. The highest BCUT2D eigenvalue weighted by Gasteiger charge is 2.43. The molecule has 3 aliphatic rings. The summed E-state index contributed by atoms with van der Waals surface area (Å²) in [5.74, 6) is 1.74. The summed E-state index contributed by atoms with van der Waals surface area (Å²) in [5, 5.41) is 0. The zero-order valence-electron chi connectivity index (χ0n) is 39.0. The number of hydrogen-bond acceptors (Lipinski definition) is 6. The van der Waals surface area contributed by atoms with Gasteiger partial charge < -0.3 is 32.4 Å². The van der Waals surface area contributed by atoms with Crippen LogP contribution >= 0.6 is 0 Å². The number of ether oxygens (including phenoxy) is 2. The van der Waals surface area contributed by atoms with E-state index in [4.69, 9.17) is 32.4 Å². The molecule has 4 unspecified atom stereocenters. The van der Waals surface area contributed by atoms with E-state index in [1.54, 1.807) is 0 Å². The minimum Gasteiger partial charge on any atom is -0.491 e. The molecule has 4 aromatic carbocycles. The van der Waals surface area contributed by atoms with Crippen LogP contribution in [-0.2, 0) is 5.41 Å². The van der Waals surface area contributed by atoms with Crippen molar-refractivity contribution >= 4 is 22.3 Å². The summed E-state index contributed by atoms with van der Waals surface area (Å²) in [4.78, 5) is 0. The number of benzene rings is 4. The predicted molar refractivity (Wildman–Crippen MR) is 268 cm³/mol. The van der Waals surface area contributed by atoms with Gasteiger partial charge in [0, 0.05) is 29.6 Å². The molecule has 6 nitrogen and oxygen atoms in total. The lowest BCUT2D eigenvalue weighted by atomic mass is 9.69. The van der Waals surface area contributed by atoms with Crippen molar-refractivity contribution in [3.05, 3.63) is 143 Å². The Kier molecular flexibility index (Phi) is 15.3. The number of fused-ring (bicyclic) bond motifs is 3. The molecular weight excluding hydrogens is 773 g/mol. The van der Waals surface area contributed by atoms with Gasteiger partial charge in [0.2, 0.25) is 0 Å². The lowest BCUT2D eigenvalue weighted by molar-refractivity contribution is 0.217. The van der Waals surface area contributed by atoms with E-state index in [-0.39, 0.29) is 41.8 Å². The number of unbranched alkanes of at least 4 members (excludes halogenated alkanes) is 6. The van der Waals surface area contributed by atoms with E-state index in [0.29, 0.717) is 0 Å². The van der Waals surface area contributed by atoms with Crippen LogP contribution < -0.4 is 32.4 Å². The van der Waals surface area contributed by atoms with E-state index in [0.717, 1.165) is 81.7 Å². The van der Waals surface area contributed by atoms with E-state index in [1.807, 2.05) is 24.3 Å². The number of allylic oxidation sites excluding steroid dienone is 4. The van der Waals surface area contributed by atoms with Crippen LogP contribution in [0.25, 0.3) is 33.4 Å². The molecule has 0 bridgehead atoms. The first-order valence-electron chi connectivity index (χ1n) is 24.2. The highest BCUT2D eigenvalue weighted by molar-refractivity contribution is 5.90. The second kappa shape index (κ2) is 20.9. The Hall–Kier alpha value is -4.72. The third-order valence-electron chi connectivity index (χ3n) is 14.2. The van der Waals surface area contributed by atoms with E-state index < -0.39 is 0 Å². The molecule has 63 heavy (non-hydrogen) atoms. The summed E-state index contributed by atoms with van der Waals surface area (Å²) in [6, 6.07) is 29.4. The fourth-order valence-corrected chi connectivity index (χ4v) is 10.0. The molecule has 7 rings (SSSR count). The third kappa shape index (κ3) is 9.85. The van der Waals surface area contributed by atoms with Gasteiger partial charge in [0.05, 0.1) is 12.2 Å². The second-order valence-corrected chi connectivity index (χ2v) is 18.5. The largest absolute Gasteiger partial charge is 0.491 e. The van der Waals surface area contributed by atoms with Gasteiger partial charge in [-0.2, -0.15) is 0 Å². The summed E-state index contributed by atoms with van der Waals surface area (Å²) < 4.78 is 12.1. The number of nitrogens with two attached hydrogens (primary N) is 4. The Morgan fingerprint density at radius 3 is 1.11 bits per heavy atom. The standard InChI is InChI=1S/C57H74N4O2/c1-7-11-13-15-33-57(34-16-14-12-8-2)51-35-41(47-31-29-45(53(58)55(47)60)39-17-23-43(24-18-39)62-37(5)9-3)21-27-49(51)50-28-22-42(36-52(50)57)48-32-30-46(54(59)56(48)61)40-19-25-44(26-20-40)63-38(6)10-4/h17-32,35-38,53-56H,7-16,33-34,58-61H2,1-6H3/t37-,38-,53?,54?,55?,56?/m1/s1. The zero-order valence-corrected chi connectivity index (χ0v) is 39.0. The topological polar surface area (TPSA) is 123 Å². The lowest BCUT2D eigenvalue weighted by Gasteiger charge is -2.35. The van der Waals surface area contributed by atoms with Gasteiger partial charge in [-0.15, -0.1) is 0 Å². The molecule has 0 amide bonds. The fourth-order valence-electron chi connectivity index (χ4n) is 10.0. The quantitative estimate of drug-likeness (QED) is 0.0657. The maximum absolute atomic E-state index is 7.13. The molecule has 0 spiro atoms. The second-order valence-electron chi connectivity index (χ2n) is 18.5. The van der Waals surface area contributed by atoms with Crippen LogP contribution in [0, 0.1) is 0 Å². The fraction of sp³-hybridized carbons (Fsp3) is 0.439. The van der Waals surface area contributed by atoms with E-state index in [1.165, 1.54) is 73.6 Å². The summed E-state index contributed by atoms with van der Waals surface area (Å²) in [5.41, 5.74) is 42.4. The first kappa shape index (κ1) is 46.3. The molecule has 0 aromatic heterocycles. The van der Waals surface area contributed by atoms with E-state index in [2.05, 4.69) is 127 Å². The third-order valence-corrected chi connectivity index (χ3v) is 14.2. The number of rotatable bonds is 20. The van der Waals surface area contributed by atoms with Crippen LogP contribution in [0.5, 0.6) is 11.5 Å². The molecule has 8 N–H and O–H groups in total. The Balaban J connectivity index is 1.26. The van der Waals surface area contributed by atoms with Crippen LogP contribution in [0.4, 0.5) is 0 Å². The monoisotopic (exact) mass is 847 g/mol. The Morgan fingerprint density at radius 1 is 0.444 bits per heavy atom. The smallest absolute Gasteiger partial charge is 0.119 e. The lowest BCUT2D eigenvalue weighted by Crippen LogP contribution is -2.44. The Labute approximate surface area is 378 Å². The minimum atomic E-state index is -0.351. The van der Waals surface area contributed by atoms with Crippen molar-refractivity contribution in [1.82, 2.24) is 0 Å². The maximum Gasteiger partial charge on any atom is 0.119 e. The average molecular weight is 847 g/mol. The average Bonchev–Trinajstić information content (AvgIpc) is 3.56. The molecule has 0 heterocycles. The van der Waals surface area contributed by atoms with Crippen molar-refractivity contribution in [2.45, 2.75) is 160 Å². The van der Waals surface area contributed by atoms with Gasteiger partial charge >= 0.3 is 0 Å². The van der Waals surface area contributed by atoms with Crippen molar-refractivity contribution in [1.29, 1.82) is 0 Å². The van der Waals surface area contributed by atoms with Crippen LogP contribution in [0.15, 0.2) is 109 Å². The van der Waals surface area contributed by atoms with Crippen LogP contribution in [0.3, 0.4) is 0 Å². The van der Waals surface area contributed by atoms with Crippen molar-refractivity contribution in [3.63, 3.8) is 0 Å². The van der Waals surface area contributed by atoms with Gasteiger partial charge in [-0.05, 0) is 143 Å². The van der Waals surface area contributed by atoms with Crippen LogP contribution in [0.1, 0.15) is 152 Å². The van der Waals surface area contributed by atoms with Gasteiger partial charge in [0.1, 0.15) is 11.5 Å². The summed E-state index contributed by atoms with van der Waals surface area (Å²) in [6.07, 6.45) is 22.9. The SMILES string of the molecule is CCCCCCC1(CCCCCC)c2cc(C3=CC=C(c4ccc(O[C@H](C)CC)cc4)C(N)C3N)ccc2-c2ccc(C3=CC=C(c4ccc(O[C@H](C)CC)cc4)C(N)C3N)cc21. The van der Waals surface area contributed by atoms with Gasteiger partial charge in [-0.3, -0.25) is 0 Å². The van der Waals surface area contributed by atoms with Crippen molar-refractivity contribution in [3.8, 4) is 22.6 Å². The zero-order chi connectivity index (χ0) is 44.7. The molecule has 6 atom stereocenters. The highest BCUT2D eigenvalue weighted by atomic mass is 16.5. The van der Waals surface area contributed by atoms with Gasteiger partial charge in [0.25, 0.3) is 0 Å². The van der Waals surface area contributed by atoms with Crippen molar-refractivity contribution in [2.24, 2.45) is 22.9 Å². The Morgan fingerprint density at radius 2 is 0.778 bits per heavy atom. The first-order valence-corrected chi connectivity index (χ1v) is 24.2. The van der Waals surface area contributed by atoms with Gasteiger partial charge in [0.15, 0.2) is 0 Å². The molecule has 6 heteroatoms. The van der Waals surface area contributed by atoms with Crippen molar-refractivity contribution < 1.29 is 9.47 Å². The van der Waals surface area contributed by atoms with Crippen molar-refractivity contribution in [2.75, 3.05) is 0 Å². The molecule has 0 saturated heterocycles. The number of hydrogen-bond donors (Lipinski definition) is 4. The normalized spacial score (nSPS) is 21.0. The van der Waals surface area contributed by atoms with E-state index in [9.17, 15) is 0 Å². The molecular formula is C57H74N4O2. The van der Waals surface area contributed by atoms with Crippen LogP contribution in [-0.4, -0.2) is 36.4 Å². The molecule has 0 radical (unpaired) electrons. The minimum absolute atomic E-state index is 0.138. The molecule has 0 fully saturated rings. The Bertz CT molecular complexity index is 2140. The molecule has 0 saturated carbocycles. The van der Waals surface area contributed by atoms with E-state index >= 15 is 0 Å². The van der Waals surface area contributed by atoms with Gasteiger partial charge in [-0.25, -0.2) is 0 Å². The van der Waals surface area contributed by atoms with Crippen LogP contribution in [0.2, 0.25) is 0 Å². The summed E-state index contributed by atoms with van der Waals surface area (Å²) in [6.45, 7) is 13.1. The highest BCUT2D eigenvalue weighted by Crippen LogP contribution is 2.56. The first-order chi connectivity index (χ1) is 30.5. The maximum atomic E-state index is 7.13.